The van der Waals surface area contributed by atoms with Gasteiger partial charge in [-0.05, 0) is 24.1 Å². The van der Waals surface area contributed by atoms with Gasteiger partial charge in [-0.2, -0.15) is 0 Å². The molecule has 0 spiro atoms. The van der Waals surface area contributed by atoms with Crippen LogP contribution in [0.1, 0.15) is 18.9 Å². The van der Waals surface area contributed by atoms with Gasteiger partial charge in [-0.3, -0.25) is 0 Å². The van der Waals surface area contributed by atoms with E-state index in [1.807, 2.05) is 12.1 Å². The molecule has 4 heteroatoms. The molecule has 18 heavy (non-hydrogen) atoms. The number of ether oxygens (including phenoxy) is 1. The second kappa shape index (κ2) is 6.40. The van der Waals surface area contributed by atoms with Crippen molar-refractivity contribution in [3.63, 3.8) is 0 Å². The maximum Gasteiger partial charge on any atom is 0.321 e. The van der Waals surface area contributed by atoms with Crippen LogP contribution in [0.5, 0.6) is 0 Å². The van der Waals surface area contributed by atoms with Crippen LogP contribution in [0.2, 0.25) is 0 Å². The van der Waals surface area contributed by atoms with Crippen LogP contribution < -0.4 is 5.32 Å². The molecule has 0 unspecified atom stereocenters. The summed E-state index contributed by atoms with van der Waals surface area (Å²) in [6.07, 6.45) is 2.22. The summed E-state index contributed by atoms with van der Waals surface area (Å²) >= 11 is 0. The smallest absolute Gasteiger partial charge is 0.321 e. The van der Waals surface area contributed by atoms with Crippen LogP contribution >= 0.6 is 0 Å². The number of aryl methyl sites for hydroxylation is 1. The number of carbonyl (C=O) groups excluding carboxylic acids is 1. The maximum absolute atomic E-state index is 11.9. The molecule has 1 heterocycles. The standard InChI is InChI=1S/C14H20N2O2/c1-2-3-12-4-6-13(7-5-12)15-14(17)16-8-10-18-11-9-16/h4-7H,2-3,8-11H2,1H3,(H,15,17). The van der Waals surface area contributed by atoms with Gasteiger partial charge in [-0.1, -0.05) is 25.5 Å². The van der Waals surface area contributed by atoms with E-state index in [4.69, 9.17) is 4.74 Å². The summed E-state index contributed by atoms with van der Waals surface area (Å²) < 4.78 is 5.22. The van der Waals surface area contributed by atoms with E-state index in [1.54, 1.807) is 4.90 Å². The van der Waals surface area contributed by atoms with Crippen molar-refractivity contribution in [2.24, 2.45) is 0 Å². The van der Waals surface area contributed by atoms with E-state index in [0.717, 1.165) is 18.5 Å². The Morgan fingerprint density at radius 1 is 1.28 bits per heavy atom. The minimum absolute atomic E-state index is 0.0402. The Morgan fingerprint density at radius 3 is 2.56 bits per heavy atom. The molecule has 0 aliphatic carbocycles. The van der Waals surface area contributed by atoms with Gasteiger partial charge in [-0.15, -0.1) is 0 Å². The van der Waals surface area contributed by atoms with Gasteiger partial charge in [0.05, 0.1) is 13.2 Å². The predicted octanol–water partition coefficient (Wildman–Crippen LogP) is 2.50. The molecule has 1 fully saturated rings. The molecule has 1 aromatic rings. The first-order valence-electron chi connectivity index (χ1n) is 6.52. The predicted molar refractivity (Wildman–Crippen MR) is 71.8 cm³/mol. The van der Waals surface area contributed by atoms with Gasteiger partial charge in [-0.25, -0.2) is 4.79 Å². The van der Waals surface area contributed by atoms with E-state index in [1.165, 1.54) is 5.56 Å². The van der Waals surface area contributed by atoms with Crippen molar-refractivity contribution in [1.82, 2.24) is 4.90 Å². The monoisotopic (exact) mass is 248 g/mol. The van der Waals surface area contributed by atoms with Crippen LogP contribution in [-0.2, 0) is 11.2 Å². The number of urea groups is 1. The Hall–Kier alpha value is -1.55. The number of morpholine rings is 1. The first kappa shape index (κ1) is 12.9. The molecule has 0 atom stereocenters. The Balaban J connectivity index is 1.89. The molecule has 1 aliphatic heterocycles. The van der Waals surface area contributed by atoms with Crippen molar-refractivity contribution in [2.45, 2.75) is 19.8 Å². The summed E-state index contributed by atoms with van der Waals surface area (Å²) in [5, 5.41) is 2.91. The number of carbonyl (C=O) groups is 1. The van der Waals surface area contributed by atoms with Crippen LogP contribution in [-0.4, -0.2) is 37.2 Å². The van der Waals surface area contributed by atoms with Crippen LogP contribution in [0.3, 0.4) is 0 Å². The number of nitrogens with one attached hydrogen (secondary N) is 1. The molecule has 4 nitrogen and oxygen atoms in total. The molecule has 0 bridgehead atoms. The van der Waals surface area contributed by atoms with Gasteiger partial charge < -0.3 is 15.0 Å². The number of hydrogen-bond donors (Lipinski definition) is 1. The quantitative estimate of drug-likeness (QED) is 0.893. The van der Waals surface area contributed by atoms with Crippen molar-refractivity contribution in [1.29, 1.82) is 0 Å². The van der Waals surface area contributed by atoms with Crippen LogP contribution in [0.15, 0.2) is 24.3 Å². The SMILES string of the molecule is CCCc1ccc(NC(=O)N2CCOCC2)cc1. The average Bonchev–Trinajstić information content (AvgIpc) is 2.42. The lowest BCUT2D eigenvalue weighted by Gasteiger charge is -2.26. The van der Waals surface area contributed by atoms with E-state index in [-0.39, 0.29) is 6.03 Å². The molecule has 0 radical (unpaired) electrons. The fraction of sp³-hybridized carbons (Fsp3) is 0.500. The topological polar surface area (TPSA) is 41.6 Å². The fourth-order valence-corrected chi connectivity index (χ4v) is 2.01. The highest BCUT2D eigenvalue weighted by Crippen LogP contribution is 2.12. The number of anilines is 1. The zero-order valence-electron chi connectivity index (χ0n) is 10.8. The first-order valence-corrected chi connectivity index (χ1v) is 6.52. The Morgan fingerprint density at radius 2 is 1.94 bits per heavy atom. The first-order chi connectivity index (χ1) is 8.79. The zero-order valence-corrected chi connectivity index (χ0v) is 10.8. The van der Waals surface area contributed by atoms with Crippen LogP contribution in [0, 0.1) is 0 Å². The highest BCUT2D eigenvalue weighted by atomic mass is 16.5. The van der Waals surface area contributed by atoms with Gasteiger partial charge in [0.2, 0.25) is 0 Å². The van der Waals surface area contributed by atoms with E-state index >= 15 is 0 Å². The molecule has 1 saturated heterocycles. The van der Waals surface area contributed by atoms with Crippen molar-refractivity contribution >= 4 is 11.7 Å². The summed E-state index contributed by atoms with van der Waals surface area (Å²) in [6, 6.07) is 8.02. The number of benzene rings is 1. The molecule has 98 valence electrons. The van der Waals surface area contributed by atoms with Crippen LogP contribution in [0.25, 0.3) is 0 Å². The molecule has 0 aromatic heterocycles. The van der Waals surface area contributed by atoms with E-state index in [9.17, 15) is 4.79 Å². The highest BCUT2D eigenvalue weighted by Gasteiger charge is 2.16. The molecule has 1 aromatic carbocycles. The summed E-state index contributed by atoms with van der Waals surface area (Å²) in [4.78, 5) is 13.7. The number of amides is 2. The molecule has 1 N–H and O–H groups in total. The van der Waals surface area contributed by atoms with Crippen molar-refractivity contribution < 1.29 is 9.53 Å². The van der Waals surface area contributed by atoms with Gasteiger partial charge in [0.25, 0.3) is 0 Å². The summed E-state index contributed by atoms with van der Waals surface area (Å²) in [6.45, 7) is 4.75. The molecular weight excluding hydrogens is 228 g/mol. The lowest BCUT2D eigenvalue weighted by atomic mass is 10.1. The van der Waals surface area contributed by atoms with E-state index in [0.29, 0.717) is 26.3 Å². The summed E-state index contributed by atoms with van der Waals surface area (Å²) in [5.74, 6) is 0. The Labute approximate surface area is 108 Å². The third kappa shape index (κ3) is 3.47. The van der Waals surface area contributed by atoms with Crippen molar-refractivity contribution in [3.8, 4) is 0 Å². The number of rotatable bonds is 3. The van der Waals surface area contributed by atoms with Gasteiger partial charge in [0.15, 0.2) is 0 Å². The summed E-state index contributed by atoms with van der Waals surface area (Å²) in [5.41, 5.74) is 2.16. The number of nitrogens with zero attached hydrogens (tertiary/aromatic N) is 1. The lowest BCUT2D eigenvalue weighted by molar-refractivity contribution is 0.0564. The minimum atomic E-state index is -0.0402. The summed E-state index contributed by atoms with van der Waals surface area (Å²) in [7, 11) is 0. The maximum atomic E-state index is 11.9. The third-order valence-corrected chi connectivity index (χ3v) is 3.04. The molecular formula is C14H20N2O2. The largest absolute Gasteiger partial charge is 0.378 e. The third-order valence-electron chi connectivity index (χ3n) is 3.04. The minimum Gasteiger partial charge on any atom is -0.378 e. The molecule has 2 rings (SSSR count). The zero-order chi connectivity index (χ0) is 12.8. The van der Waals surface area contributed by atoms with Crippen molar-refractivity contribution in [2.75, 3.05) is 31.6 Å². The van der Waals surface area contributed by atoms with Gasteiger partial charge >= 0.3 is 6.03 Å². The Bertz CT molecular complexity index is 383. The Kier molecular flexibility index (Phi) is 4.59. The van der Waals surface area contributed by atoms with Crippen LogP contribution in [0.4, 0.5) is 10.5 Å². The van der Waals surface area contributed by atoms with Gasteiger partial charge in [0.1, 0.15) is 0 Å². The second-order valence-corrected chi connectivity index (χ2v) is 4.48. The molecule has 1 aliphatic rings. The number of hydrogen-bond acceptors (Lipinski definition) is 2. The highest BCUT2D eigenvalue weighted by molar-refractivity contribution is 5.89. The fourth-order valence-electron chi connectivity index (χ4n) is 2.01. The van der Waals surface area contributed by atoms with E-state index < -0.39 is 0 Å². The van der Waals surface area contributed by atoms with Gasteiger partial charge in [0, 0.05) is 18.8 Å². The van der Waals surface area contributed by atoms with Crippen molar-refractivity contribution in [3.05, 3.63) is 29.8 Å². The second-order valence-electron chi connectivity index (χ2n) is 4.48. The van der Waals surface area contributed by atoms with E-state index in [2.05, 4.69) is 24.4 Å². The molecule has 0 saturated carbocycles. The lowest BCUT2D eigenvalue weighted by Crippen LogP contribution is -2.43. The average molecular weight is 248 g/mol. The molecule has 2 amide bonds. The normalized spacial score (nSPS) is 15.5.